The van der Waals surface area contributed by atoms with Crippen molar-refractivity contribution in [2.24, 2.45) is 0 Å². The van der Waals surface area contributed by atoms with Crippen molar-refractivity contribution in [3.63, 3.8) is 0 Å². The van der Waals surface area contributed by atoms with Gasteiger partial charge in [-0.15, -0.1) is 0 Å². The van der Waals surface area contributed by atoms with Crippen LogP contribution in [0.1, 0.15) is 18.1 Å². The molecule has 0 aromatic heterocycles. The van der Waals surface area contributed by atoms with Crippen LogP contribution < -0.4 is 20.1 Å². The van der Waals surface area contributed by atoms with Crippen molar-refractivity contribution >= 4 is 29.4 Å². The van der Waals surface area contributed by atoms with Crippen LogP contribution >= 0.6 is 0 Å². The number of carbonyl (C=O) groups is 4. The molecule has 0 radical (unpaired) electrons. The highest BCUT2D eigenvalue weighted by molar-refractivity contribution is 6.09. The summed E-state index contributed by atoms with van der Waals surface area (Å²) in [6.07, 6.45) is 0. The van der Waals surface area contributed by atoms with Crippen molar-refractivity contribution in [3.8, 4) is 11.5 Å². The number of carbonyl (C=O) groups excluding carboxylic acids is 4. The molecule has 0 spiro atoms. The van der Waals surface area contributed by atoms with Crippen LogP contribution in [0.3, 0.4) is 0 Å². The van der Waals surface area contributed by atoms with Crippen LogP contribution in [0.15, 0.2) is 42.5 Å². The summed E-state index contributed by atoms with van der Waals surface area (Å²) < 4.78 is 10.6. The average Bonchev–Trinajstić information content (AvgIpc) is 3.33. The van der Waals surface area contributed by atoms with Crippen LogP contribution in [0.5, 0.6) is 11.5 Å². The second-order valence-electron chi connectivity index (χ2n) is 8.18. The largest absolute Gasteiger partial charge is 0.454 e. The summed E-state index contributed by atoms with van der Waals surface area (Å²) in [6.45, 7) is 2.87. The Bertz CT molecular complexity index is 1130. The van der Waals surface area contributed by atoms with Gasteiger partial charge in [0.1, 0.15) is 12.1 Å². The number of hydrogen-bond acceptors (Lipinski definition) is 6. The molecule has 2 aromatic carbocycles. The minimum Gasteiger partial charge on any atom is -0.454 e. The number of ether oxygens (including phenoxy) is 2. The third kappa shape index (κ3) is 4.32. The van der Waals surface area contributed by atoms with Crippen LogP contribution in [0.2, 0.25) is 0 Å². The SMILES string of the molecule is Cc1ccc(NC(=O)CN(C)C(=O)CN2C(=O)NC(C)(c3ccc4c(c3)OCO4)C2=O)cc1. The maximum Gasteiger partial charge on any atom is 0.325 e. The molecule has 10 heteroatoms. The highest BCUT2D eigenvalue weighted by atomic mass is 16.7. The number of aryl methyl sites for hydroxylation is 1. The van der Waals surface area contributed by atoms with Gasteiger partial charge in [-0.25, -0.2) is 4.79 Å². The summed E-state index contributed by atoms with van der Waals surface area (Å²) in [4.78, 5) is 52.6. The standard InChI is InChI=1S/C23H24N4O6/c1-14-4-7-16(8-5-14)24-19(28)11-26(3)20(29)12-27-21(30)23(2,25-22(27)31)15-6-9-17-18(10-15)33-13-32-17/h4-10H,11-13H2,1-3H3,(H,24,28)(H,25,31). The normalized spacial score (nSPS) is 18.8. The molecule has 5 amide bonds. The molecule has 2 aliphatic rings. The van der Waals surface area contributed by atoms with Crippen molar-refractivity contribution in [2.45, 2.75) is 19.4 Å². The summed E-state index contributed by atoms with van der Waals surface area (Å²) in [6, 6.07) is 11.5. The molecule has 4 rings (SSSR count). The number of nitrogens with one attached hydrogen (secondary N) is 2. The Morgan fingerprint density at radius 3 is 2.55 bits per heavy atom. The van der Waals surface area contributed by atoms with E-state index in [1.54, 1.807) is 37.3 Å². The lowest BCUT2D eigenvalue weighted by Crippen LogP contribution is -2.45. The Morgan fingerprint density at radius 1 is 1.12 bits per heavy atom. The van der Waals surface area contributed by atoms with Crippen LogP contribution in [0, 0.1) is 6.92 Å². The smallest absolute Gasteiger partial charge is 0.325 e. The van der Waals surface area contributed by atoms with Crippen molar-refractivity contribution in [1.29, 1.82) is 0 Å². The van der Waals surface area contributed by atoms with Gasteiger partial charge in [-0.05, 0) is 43.7 Å². The Kier molecular flexibility index (Phi) is 5.67. The van der Waals surface area contributed by atoms with E-state index in [9.17, 15) is 19.2 Å². The molecule has 1 fully saturated rings. The Labute approximate surface area is 190 Å². The molecule has 2 aliphatic heterocycles. The van der Waals surface area contributed by atoms with E-state index in [0.717, 1.165) is 10.5 Å². The first kappa shape index (κ1) is 22.1. The second-order valence-corrected chi connectivity index (χ2v) is 8.18. The lowest BCUT2D eigenvalue weighted by molar-refractivity contribution is -0.139. The van der Waals surface area contributed by atoms with Gasteiger partial charge < -0.3 is 25.0 Å². The van der Waals surface area contributed by atoms with Crippen LogP contribution in [-0.4, -0.2) is 60.5 Å². The monoisotopic (exact) mass is 452 g/mol. The summed E-state index contributed by atoms with van der Waals surface area (Å²) in [7, 11) is 1.44. The number of rotatable bonds is 6. The fraction of sp³-hybridized carbons (Fsp3) is 0.304. The number of urea groups is 1. The molecule has 2 N–H and O–H groups in total. The molecule has 1 unspecified atom stereocenters. The van der Waals surface area contributed by atoms with Crippen molar-refractivity contribution in [1.82, 2.24) is 15.1 Å². The van der Waals surface area contributed by atoms with Gasteiger partial charge in [0.15, 0.2) is 11.5 Å². The first-order valence-corrected chi connectivity index (χ1v) is 10.3. The van der Waals surface area contributed by atoms with Crippen molar-refractivity contribution in [3.05, 3.63) is 53.6 Å². The predicted molar refractivity (Wildman–Crippen MR) is 118 cm³/mol. The van der Waals surface area contributed by atoms with Gasteiger partial charge in [-0.1, -0.05) is 23.8 Å². The zero-order chi connectivity index (χ0) is 23.8. The molecule has 1 saturated heterocycles. The summed E-state index contributed by atoms with van der Waals surface area (Å²) in [5.41, 5.74) is 0.812. The molecule has 1 atom stereocenters. The van der Waals surface area contributed by atoms with Gasteiger partial charge in [-0.3, -0.25) is 19.3 Å². The van der Waals surface area contributed by atoms with E-state index < -0.39 is 35.8 Å². The molecule has 0 aliphatic carbocycles. The van der Waals surface area contributed by atoms with Crippen LogP contribution in [-0.2, 0) is 19.9 Å². The Hall–Kier alpha value is -4.08. The van der Waals surface area contributed by atoms with E-state index in [1.165, 1.54) is 11.9 Å². The molecule has 0 bridgehead atoms. The van der Waals surface area contributed by atoms with Crippen molar-refractivity contribution in [2.75, 3.05) is 32.2 Å². The van der Waals surface area contributed by atoms with E-state index in [2.05, 4.69) is 10.6 Å². The predicted octanol–water partition coefficient (Wildman–Crippen LogP) is 1.59. The molecule has 10 nitrogen and oxygen atoms in total. The molecule has 33 heavy (non-hydrogen) atoms. The maximum absolute atomic E-state index is 13.1. The van der Waals surface area contributed by atoms with Crippen molar-refractivity contribution < 1.29 is 28.7 Å². The van der Waals surface area contributed by atoms with Gasteiger partial charge in [0.2, 0.25) is 18.6 Å². The lowest BCUT2D eigenvalue weighted by atomic mass is 9.91. The van der Waals surface area contributed by atoms with E-state index in [4.69, 9.17) is 9.47 Å². The molecule has 172 valence electrons. The van der Waals surface area contributed by atoms with E-state index in [-0.39, 0.29) is 13.3 Å². The molecule has 2 heterocycles. The minimum absolute atomic E-state index is 0.0836. The Balaban J connectivity index is 1.39. The highest BCUT2D eigenvalue weighted by Gasteiger charge is 2.50. The number of nitrogens with zero attached hydrogens (tertiary/aromatic N) is 2. The summed E-state index contributed by atoms with van der Waals surface area (Å²) >= 11 is 0. The average molecular weight is 452 g/mol. The maximum atomic E-state index is 13.1. The van der Waals surface area contributed by atoms with E-state index >= 15 is 0 Å². The first-order valence-electron chi connectivity index (χ1n) is 10.3. The number of anilines is 1. The fourth-order valence-corrected chi connectivity index (χ4v) is 3.64. The quantitative estimate of drug-likeness (QED) is 0.643. The van der Waals surface area contributed by atoms with Gasteiger partial charge in [0.25, 0.3) is 5.91 Å². The van der Waals surface area contributed by atoms with Gasteiger partial charge in [0, 0.05) is 12.7 Å². The third-order valence-corrected chi connectivity index (χ3v) is 5.66. The number of benzene rings is 2. The topological polar surface area (TPSA) is 117 Å². The minimum atomic E-state index is -1.36. The van der Waals surface area contributed by atoms with Crippen LogP contribution in [0.25, 0.3) is 0 Å². The van der Waals surface area contributed by atoms with Crippen LogP contribution in [0.4, 0.5) is 10.5 Å². The zero-order valence-electron chi connectivity index (χ0n) is 18.5. The van der Waals surface area contributed by atoms with E-state index in [1.807, 2.05) is 19.1 Å². The third-order valence-electron chi connectivity index (χ3n) is 5.66. The highest BCUT2D eigenvalue weighted by Crippen LogP contribution is 2.37. The number of fused-ring (bicyclic) bond motifs is 1. The first-order chi connectivity index (χ1) is 15.7. The lowest BCUT2D eigenvalue weighted by Gasteiger charge is -2.23. The fourth-order valence-electron chi connectivity index (χ4n) is 3.64. The second kappa shape index (κ2) is 8.45. The molecule has 0 saturated carbocycles. The number of hydrogen-bond donors (Lipinski definition) is 2. The number of likely N-dealkylation sites (N-methyl/N-ethyl adjacent to an activating group) is 1. The van der Waals surface area contributed by atoms with E-state index in [0.29, 0.717) is 22.7 Å². The van der Waals surface area contributed by atoms with Gasteiger partial charge in [-0.2, -0.15) is 0 Å². The zero-order valence-corrected chi connectivity index (χ0v) is 18.5. The molecular formula is C23H24N4O6. The van der Waals surface area contributed by atoms with Gasteiger partial charge in [0.05, 0.1) is 6.54 Å². The molecule has 2 aromatic rings. The summed E-state index contributed by atoms with van der Waals surface area (Å²) in [5.74, 6) is -0.483. The summed E-state index contributed by atoms with van der Waals surface area (Å²) in [5, 5.41) is 5.36. The Morgan fingerprint density at radius 2 is 1.82 bits per heavy atom. The molecular weight excluding hydrogens is 428 g/mol. The number of imide groups is 1. The van der Waals surface area contributed by atoms with Gasteiger partial charge >= 0.3 is 6.03 Å². The number of amides is 5.